The largest absolute Gasteiger partial charge is 0.384 e. The second-order valence-corrected chi connectivity index (χ2v) is 3.83. The standard InChI is InChI=1S/C10H21NO.Y/c1-6-7-10(5,12)9(4)11-8(2)3;/h8,12H,6-7H2,1-5H3;. The zero-order valence-corrected chi connectivity index (χ0v) is 12.3. The van der Waals surface area contributed by atoms with E-state index in [0.29, 0.717) is 0 Å². The van der Waals surface area contributed by atoms with E-state index in [4.69, 9.17) is 0 Å². The molecular formula is C10H21NOY. The van der Waals surface area contributed by atoms with E-state index >= 15 is 0 Å². The molecule has 1 radical (unpaired) electrons. The number of hydrogen-bond acceptors (Lipinski definition) is 2. The fraction of sp³-hybridized carbons (Fsp3) is 0.900. The molecule has 0 saturated heterocycles. The van der Waals surface area contributed by atoms with E-state index in [2.05, 4.69) is 11.9 Å². The van der Waals surface area contributed by atoms with Crippen LogP contribution in [-0.4, -0.2) is 22.5 Å². The third-order valence-electron chi connectivity index (χ3n) is 1.97. The predicted molar refractivity (Wildman–Crippen MR) is 53.8 cm³/mol. The Bertz CT molecular complexity index is 164. The Labute approximate surface area is 107 Å². The fourth-order valence-corrected chi connectivity index (χ4v) is 1.19. The van der Waals surface area contributed by atoms with Gasteiger partial charge >= 0.3 is 0 Å². The van der Waals surface area contributed by atoms with Gasteiger partial charge in [0.05, 0.1) is 5.60 Å². The summed E-state index contributed by atoms with van der Waals surface area (Å²) >= 11 is 0. The number of hydrogen-bond donors (Lipinski definition) is 1. The summed E-state index contributed by atoms with van der Waals surface area (Å²) in [6.07, 6.45) is 1.77. The molecule has 1 atom stereocenters. The van der Waals surface area contributed by atoms with Gasteiger partial charge in [-0.05, 0) is 34.1 Å². The monoisotopic (exact) mass is 260 g/mol. The van der Waals surface area contributed by atoms with Gasteiger partial charge in [-0.1, -0.05) is 13.3 Å². The summed E-state index contributed by atoms with van der Waals surface area (Å²) in [7, 11) is 0. The average molecular weight is 260 g/mol. The van der Waals surface area contributed by atoms with Crippen molar-refractivity contribution in [3.8, 4) is 0 Å². The van der Waals surface area contributed by atoms with Crippen molar-refractivity contribution >= 4 is 5.71 Å². The molecule has 0 aliphatic rings. The summed E-state index contributed by atoms with van der Waals surface area (Å²) in [6, 6.07) is 0.272. The van der Waals surface area contributed by atoms with E-state index in [-0.39, 0.29) is 38.8 Å². The van der Waals surface area contributed by atoms with Crippen LogP contribution < -0.4 is 0 Å². The summed E-state index contributed by atoms with van der Waals surface area (Å²) in [5.41, 5.74) is 0.137. The van der Waals surface area contributed by atoms with Gasteiger partial charge in [0.2, 0.25) is 0 Å². The van der Waals surface area contributed by atoms with Crippen molar-refractivity contribution in [1.29, 1.82) is 0 Å². The smallest absolute Gasteiger partial charge is 0.0991 e. The molecule has 0 spiro atoms. The van der Waals surface area contributed by atoms with Gasteiger partial charge in [-0.25, -0.2) is 0 Å². The molecule has 0 aliphatic heterocycles. The predicted octanol–water partition coefficient (Wildman–Crippen LogP) is 2.40. The first-order valence-electron chi connectivity index (χ1n) is 4.67. The molecule has 0 fully saturated rings. The third kappa shape index (κ3) is 6.76. The molecule has 0 bridgehead atoms. The second-order valence-electron chi connectivity index (χ2n) is 3.83. The SMILES string of the molecule is CCCC(C)(O)C(C)=NC(C)C.[Y]. The summed E-state index contributed by atoms with van der Waals surface area (Å²) in [4.78, 5) is 4.33. The van der Waals surface area contributed by atoms with Crippen molar-refractivity contribution in [2.24, 2.45) is 4.99 Å². The summed E-state index contributed by atoms with van der Waals surface area (Å²) in [5.74, 6) is 0. The van der Waals surface area contributed by atoms with Crippen molar-refractivity contribution in [1.82, 2.24) is 0 Å². The second kappa shape index (κ2) is 7.08. The number of rotatable bonds is 4. The molecule has 1 N–H and O–H groups in total. The van der Waals surface area contributed by atoms with E-state index in [0.717, 1.165) is 18.6 Å². The average Bonchev–Trinajstić information content (AvgIpc) is 1.85. The number of aliphatic imine (C=N–C) groups is 1. The van der Waals surface area contributed by atoms with Crippen molar-refractivity contribution in [2.75, 3.05) is 0 Å². The Hall–Kier alpha value is 0.734. The minimum atomic E-state index is -0.709. The van der Waals surface area contributed by atoms with E-state index in [1.54, 1.807) is 0 Å². The topological polar surface area (TPSA) is 32.6 Å². The molecule has 0 aliphatic carbocycles. The number of aliphatic hydroxyl groups is 1. The minimum Gasteiger partial charge on any atom is -0.384 e. The molecule has 0 saturated carbocycles. The Balaban J connectivity index is 0. The Morgan fingerprint density at radius 1 is 1.46 bits per heavy atom. The molecule has 0 aromatic carbocycles. The maximum Gasteiger partial charge on any atom is 0.0991 e. The first-order valence-corrected chi connectivity index (χ1v) is 4.67. The van der Waals surface area contributed by atoms with Crippen molar-refractivity contribution < 1.29 is 37.8 Å². The maximum atomic E-state index is 9.90. The van der Waals surface area contributed by atoms with Gasteiger partial charge in [-0.3, -0.25) is 4.99 Å². The van der Waals surface area contributed by atoms with E-state index in [1.807, 2.05) is 27.7 Å². The zero-order valence-electron chi connectivity index (χ0n) is 9.46. The molecule has 2 nitrogen and oxygen atoms in total. The van der Waals surface area contributed by atoms with Gasteiger partial charge in [-0.2, -0.15) is 0 Å². The van der Waals surface area contributed by atoms with Crippen LogP contribution in [0.3, 0.4) is 0 Å². The Morgan fingerprint density at radius 2 is 1.92 bits per heavy atom. The van der Waals surface area contributed by atoms with Gasteiger partial charge in [0.15, 0.2) is 0 Å². The summed E-state index contributed by atoms with van der Waals surface area (Å²) in [5, 5.41) is 9.90. The molecule has 0 aromatic rings. The van der Waals surface area contributed by atoms with Gasteiger partial charge in [0.1, 0.15) is 0 Å². The molecule has 1 unspecified atom stereocenters. The van der Waals surface area contributed by atoms with Crippen LogP contribution in [0.25, 0.3) is 0 Å². The third-order valence-corrected chi connectivity index (χ3v) is 1.97. The van der Waals surface area contributed by atoms with Crippen molar-refractivity contribution in [3.63, 3.8) is 0 Å². The van der Waals surface area contributed by atoms with E-state index < -0.39 is 5.60 Å². The van der Waals surface area contributed by atoms with Crippen LogP contribution in [0.15, 0.2) is 4.99 Å². The normalized spacial score (nSPS) is 16.7. The first kappa shape index (κ1) is 16.2. The van der Waals surface area contributed by atoms with Crippen LogP contribution in [0.4, 0.5) is 0 Å². The van der Waals surface area contributed by atoms with Crippen molar-refractivity contribution in [2.45, 2.75) is 59.1 Å². The fourth-order valence-electron chi connectivity index (χ4n) is 1.19. The molecule has 13 heavy (non-hydrogen) atoms. The van der Waals surface area contributed by atoms with Crippen LogP contribution >= 0.6 is 0 Å². The van der Waals surface area contributed by atoms with E-state index in [9.17, 15) is 5.11 Å². The molecule has 0 rings (SSSR count). The van der Waals surface area contributed by atoms with E-state index in [1.165, 1.54) is 0 Å². The van der Waals surface area contributed by atoms with Crippen molar-refractivity contribution in [3.05, 3.63) is 0 Å². The molecule has 0 heterocycles. The van der Waals surface area contributed by atoms with Crippen LogP contribution in [0.1, 0.15) is 47.5 Å². The number of nitrogens with zero attached hydrogens (tertiary/aromatic N) is 1. The minimum absolute atomic E-state index is 0. The van der Waals surface area contributed by atoms with Gasteiger partial charge in [-0.15, -0.1) is 0 Å². The summed E-state index contributed by atoms with van der Waals surface area (Å²) < 4.78 is 0. The Kier molecular flexibility index (Phi) is 8.81. The van der Waals surface area contributed by atoms with Gasteiger partial charge < -0.3 is 5.11 Å². The molecule has 0 amide bonds. The van der Waals surface area contributed by atoms with Crippen LogP contribution in [0.2, 0.25) is 0 Å². The molecule has 75 valence electrons. The summed E-state index contributed by atoms with van der Waals surface area (Å²) in [6.45, 7) is 9.83. The van der Waals surface area contributed by atoms with Crippen LogP contribution in [-0.2, 0) is 32.7 Å². The van der Waals surface area contributed by atoms with Gasteiger partial charge in [0.25, 0.3) is 0 Å². The quantitative estimate of drug-likeness (QED) is 0.773. The van der Waals surface area contributed by atoms with Crippen LogP contribution in [0.5, 0.6) is 0 Å². The maximum absolute atomic E-state index is 9.90. The molecule has 3 heteroatoms. The molecule has 0 aromatic heterocycles. The first-order chi connectivity index (χ1) is 5.40. The molecular weight excluding hydrogens is 239 g/mol. The zero-order chi connectivity index (χ0) is 9.78. The Morgan fingerprint density at radius 3 is 2.23 bits per heavy atom. The van der Waals surface area contributed by atoms with Crippen LogP contribution in [0, 0.1) is 0 Å². The van der Waals surface area contributed by atoms with Gasteiger partial charge in [0, 0.05) is 44.5 Å².